The molecule has 8 aromatic heterocycles. The van der Waals surface area contributed by atoms with E-state index in [2.05, 4.69) is 81.5 Å². The van der Waals surface area contributed by atoms with Crippen LogP contribution in [0.3, 0.4) is 0 Å². The number of hydrogen-bond donors (Lipinski definition) is 7. The number of anilines is 4. The number of hydrogen-bond acceptors (Lipinski definition) is 20. The van der Waals surface area contributed by atoms with Crippen molar-refractivity contribution in [2.45, 2.75) is 245 Å². The largest absolute Gasteiger partial charge is 0.387 e. The average Bonchev–Trinajstić information content (AvgIpc) is 1.78. The molecule has 8 heterocycles. The number of aliphatic hydroxyl groups is 3. The van der Waals surface area contributed by atoms with Gasteiger partial charge in [0.2, 0.25) is 23.7 Å². The molecule has 1 unspecified atom stereocenters. The van der Waals surface area contributed by atoms with E-state index in [9.17, 15) is 55.2 Å². The molecule has 0 aliphatic heterocycles. The number of carbonyl (C=O) groups excluding carboxylic acids is 1. The number of aryl methyl sites for hydroxylation is 8. The van der Waals surface area contributed by atoms with Gasteiger partial charge in [0, 0.05) is 123 Å². The Hall–Kier alpha value is -8.65. The molecule has 4 aliphatic rings. The Balaban J connectivity index is 0.000000154. The van der Waals surface area contributed by atoms with E-state index in [0.29, 0.717) is 116 Å². The predicted octanol–water partition coefficient (Wildman–Crippen LogP) is 13.0. The summed E-state index contributed by atoms with van der Waals surface area (Å²) in [5.74, 6) is -6.93. The van der Waals surface area contributed by atoms with Crippen LogP contribution in [0.25, 0.3) is 23.8 Å². The van der Waals surface area contributed by atoms with Crippen molar-refractivity contribution in [3.63, 3.8) is 0 Å². The monoisotopic (exact) mass is 1390 g/mol. The van der Waals surface area contributed by atoms with Crippen LogP contribution in [-0.2, 0) is 0 Å². The van der Waals surface area contributed by atoms with Crippen LogP contribution in [0.2, 0.25) is 0 Å². The van der Waals surface area contributed by atoms with Crippen LogP contribution in [0, 0.1) is 55.4 Å². The van der Waals surface area contributed by atoms with Crippen LogP contribution < -0.4 is 21.3 Å². The lowest BCUT2D eigenvalue weighted by Gasteiger charge is -2.29. The minimum Gasteiger partial charge on any atom is -0.387 e. The smallest absolute Gasteiger partial charge is 0.253 e. The lowest BCUT2D eigenvalue weighted by Crippen LogP contribution is -2.32. The standard InChI is InChI=1S/3C17H23F2N5O.C16H19F2N5O/c3*1-10-8-11(2)24(23-10)16-21-14(12(3)25)9-15(22-16)20-13-4-6-17(18,19)7-5-13;1-10-7-11(2)23(22-10)15-20-13(9-24)8-14(21-15)19-12-3-5-16(17,18)6-4-12/h3*8-9,12-13,25H,4-7H2,1-3H3,(H,20,21,22);7-9,12H,3-6H2,1-2H3,(H,19,20,21)/t2*12-;;/m10../s1. The first-order valence-electron chi connectivity index (χ1n) is 33.3. The fraction of sp³-hybridized carbons (Fsp3) is 0.567. The van der Waals surface area contributed by atoms with Gasteiger partial charge in [0.1, 0.15) is 29.0 Å². The van der Waals surface area contributed by atoms with Crippen LogP contribution in [0.15, 0.2) is 48.5 Å². The van der Waals surface area contributed by atoms with E-state index in [4.69, 9.17) is 0 Å². The Kier molecular flexibility index (Phi) is 23.6. The zero-order valence-corrected chi connectivity index (χ0v) is 57.5. The number of halogens is 8. The summed E-state index contributed by atoms with van der Waals surface area (Å²) in [4.78, 5) is 46.3. The summed E-state index contributed by atoms with van der Waals surface area (Å²) in [5, 5.41) is 60.0. The van der Waals surface area contributed by atoms with Gasteiger partial charge >= 0.3 is 0 Å². The van der Waals surface area contributed by atoms with Crippen LogP contribution >= 0.6 is 0 Å². The Labute approximate surface area is 568 Å². The van der Waals surface area contributed by atoms with Crippen molar-refractivity contribution in [1.82, 2.24) is 79.0 Å². The molecule has 0 spiro atoms. The molecule has 0 bridgehead atoms. The number of aldehydes is 1. The van der Waals surface area contributed by atoms with Gasteiger partial charge in [-0.2, -0.15) is 40.3 Å². The molecule has 0 amide bonds. The molecule has 24 nitrogen and oxygen atoms in total. The highest BCUT2D eigenvalue weighted by Crippen LogP contribution is 2.38. The third-order valence-corrected chi connectivity index (χ3v) is 17.4. The fourth-order valence-corrected chi connectivity index (χ4v) is 12.1. The molecule has 32 heteroatoms. The van der Waals surface area contributed by atoms with Crippen molar-refractivity contribution in [2.75, 3.05) is 21.3 Å². The molecule has 99 heavy (non-hydrogen) atoms. The van der Waals surface area contributed by atoms with E-state index in [0.717, 1.165) is 45.6 Å². The van der Waals surface area contributed by atoms with E-state index in [1.54, 1.807) is 57.7 Å². The topological polar surface area (TPSA) is 300 Å². The first-order valence-corrected chi connectivity index (χ1v) is 33.3. The Morgan fingerprint density at radius 2 is 0.576 bits per heavy atom. The Morgan fingerprint density at radius 1 is 0.364 bits per heavy atom. The third kappa shape index (κ3) is 20.7. The highest BCUT2D eigenvalue weighted by molar-refractivity contribution is 5.73. The van der Waals surface area contributed by atoms with Gasteiger partial charge in [0.05, 0.1) is 58.2 Å². The lowest BCUT2D eigenvalue weighted by molar-refractivity contribution is -0.0366. The summed E-state index contributed by atoms with van der Waals surface area (Å²) >= 11 is 0. The number of nitrogens with one attached hydrogen (secondary N) is 4. The second-order valence-electron chi connectivity index (χ2n) is 26.5. The molecule has 12 rings (SSSR count). The molecule has 536 valence electrons. The molecule has 7 N–H and O–H groups in total. The molecular weight excluding hydrogens is 1300 g/mol. The summed E-state index contributed by atoms with van der Waals surface area (Å²) in [6, 6.07) is 13.8. The van der Waals surface area contributed by atoms with E-state index in [1.807, 2.05) is 79.7 Å². The van der Waals surface area contributed by atoms with Gasteiger partial charge < -0.3 is 36.6 Å². The van der Waals surface area contributed by atoms with Crippen LogP contribution in [-0.4, -0.2) is 148 Å². The summed E-state index contributed by atoms with van der Waals surface area (Å²) in [6.07, 6.45) is 0.362. The second-order valence-corrected chi connectivity index (χ2v) is 26.5. The van der Waals surface area contributed by atoms with Crippen molar-refractivity contribution in [3.05, 3.63) is 117 Å². The van der Waals surface area contributed by atoms with Gasteiger partial charge in [-0.25, -0.2) is 73.8 Å². The number of aliphatic hydroxyl groups excluding tert-OH is 3. The van der Waals surface area contributed by atoms with Gasteiger partial charge in [-0.05, 0) is 152 Å². The Morgan fingerprint density at radius 3 is 0.768 bits per heavy atom. The Bertz CT molecular complexity index is 3720. The maximum absolute atomic E-state index is 13.3. The summed E-state index contributed by atoms with van der Waals surface area (Å²) in [6.45, 7) is 19.9. The second kappa shape index (κ2) is 31.3. The molecule has 0 aromatic carbocycles. The SMILES string of the molecule is Cc1cc(C)n(-c2nc(C=O)cc(NC3CCC(F)(F)CC3)n2)n1.Cc1cc(C)n(-c2nc(NC3CCC(F)(F)CC3)cc(C(C)O)n2)n1.Cc1cc(C)n(-c2nc(NC3CCC(F)(F)CC3)cc([C@@H](C)O)n2)n1.Cc1cc(C)n(-c2nc(NC3CCC(F)(F)CC3)cc([C@H](C)O)n2)n1. The molecule has 0 radical (unpaired) electrons. The van der Waals surface area contributed by atoms with Crippen molar-refractivity contribution in [1.29, 1.82) is 0 Å². The van der Waals surface area contributed by atoms with Crippen molar-refractivity contribution < 1.29 is 55.2 Å². The normalized spacial score (nSPS) is 18.6. The fourth-order valence-electron chi connectivity index (χ4n) is 12.1. The van der Waals surface area contributed by atoms with Crippen LogP contribution in [0.1, 0.15) is 215 Å². The van der Waals surface area contributed by atoms with Crippen molar-refractivity contribution >= 4 is 29.6 Å². The zero-order chi connectivity index (χ0) is 71.9. The molecule has 3 atom stereocenters. The summed E-state index contributed by atoms with van der Waals surface area (Å²) in [5.41, 5.74) is 8.42. The van der Waals surface area contributed by atoms with Gasteiger partial charge in [0.25, 0.3) is 23.8 Å². The molecule has 4 saturated carbocycles. The van der Waals surface area contributed by atoms with E-state index in [1.165, 1.54) is 6.07 Å². The molecule has 4 aliphatic carbocycles. The molecular formula is C67H88F8N20O4. The number of nitrogens with zero attached hydrogens (tertiary/aromatic N) is 16. The molecule has 8 aromatic rings. The van der Waals surface area contributed by atoms with E-state index < -0.39 is 42.0 Å². The average molecular weight is 1390 g/mol. The maximum Gasteiger partial charge on any atom is 0.253 e. The third-order valence-electron chi connectivity index (χ3n) is 17.4. The maximum atomic E-state index is 13.3. The zero-order valence-electron chi connectivity index (χ0n) is 57.5. The van der Waals surface area contributed by atoms with Gasteiger partial charge in [-0.1, -0.05) is 0 Å². The summed E-state index contributed by atoms with van der Waals surface area (Å²) < 4.78 is 113. The minimum atomic E-state index is -2.58. The summed E-state index contributed by atoms with van der Waals surface area (Å²) in [7, 11) is 0. The number of aromatic nitrogens is 16. The number of rotatable bonds is 16. The highest BCUT2D eigenvalue weighted by Gasteiger charge is 2.38. The molecule has 0 saturated heterocycles. The predicted molar refractivity (Wildman–Crippen MR) is 355 cm³/mol. The van der Waals surface area contributed by atoms with E-state index >= 15 is 0 Å². The lowest BCUT2D eigenvalue weighted by atomic mass is 9.92. The van der Waals surface area contributed by atoms with Crippen molar-refractivity contribution in [2.24, 2.45) is 0 Å². The van der Waals surface area contributed by atoms with Crippen LogP contribution in [0.5, 0.6) is 0 Å². The van der Waals surface area contributed by atoms with E-state index in [-0.39, 0.29) is 87.2 Å². The number of alkyl halides is 8. The highest BCUT2D eigenvalue weighted by atomic mass is 19.3. The first kappa shape index (κ1) is 74.6. The van der Waals surface area contributed by atoms with Gasteiger partial charge in [-0.3, -0.25) is 4.79 Å². The van der Waals surface area contributed by atoms with Crippen molar-refractivity contribution in [3.8, 4) is 23.8 Å². The van der Waals surface area contributed by atoms with Crippen LogP contribution in [0.4, 0.5) is 58.4 Å². The number of carbonyl (C=O) groups is 1. The quantitative estimate of drug-likeness (QED) is 0.0349. The molecule has 4 fully saturated rings. The first-order chi connectivity index (χ1) is 46.6. The minimum absolute atomic E-state index is 0.0651. The van der Waals surface area contributed by atoms with Gasteiger partial charge in [0.15, 0.2) is 6.29 Å². The van der Waals surface area contributed by atoms with Gasteiger partial charge in [-0.15, -0.1) is 0 Å².